The van der Waals surface area contributed by atoms with E-state index >= 15 is 0 Å². The molecule has 3 aromatic rings. The lowest BCUT2D eigenvalue weighted by atomic mass is 10.2. The molecular weight excluding hydrogens is 342 g/mol. The van der Waals surface area contributed by atoms with Crippen LogP contribution in [0.3, 0.4) is 0 Å². The Morgan fingerprint density at radius 2 is 2.16 bits per heavy atom. The van der Waals surface area contributed by atoms with E-state index in [0.29, 0.717) is 16.6 Å². The molecule has 0 radical (unpaired) electrons. The highest BCUT2D eigenvalue weighted by atomic mass is 32.1. The van der Waals surface area contributed by atoms with Crippen LogP contribution in [-0.4, -0.2) is 16.8 Å². The van der Waals surface area contributed by atoms with Crippen LogP contribution in [0.5, 0.6) is 0 Å². The van der Waals surface area contributed by atoms with Crippen LogP contribution in [0.1, 0.15) is 40.7 Å². The number of hydrogen-bond acceptors (Lipinski definition) is 6. The van der Waals surface area contributed by atoms with Gasteiger partial charge in [0.25, 0.3) is 5.91 Å². The van der Waals surface area contributed by atoms with Crippen LogP contribution in [0.25, 0.3) is 0 Å². The van der Waals surface area contributed by atoms with Crippen molar-refractivity contribution in [1.82, 2.24) is 10.3 Å². The number of anilines is 1. The third-order valence-corrected chi connectivity index (χ3v) is 4.23. The minimum Gasteiger partial charge on any atom is -0.464 e. The summed E-state index contributed by atoms with van der Waals surface area (Å²) in [5.74, 6) is 1.16. The van der Waals surface area contributed by atoms with Crippen molar-refractivity contribution in [3.63, 3.8) is 0 Å². The SMILES string of the molecule is Cc1ccc(C(C)NC(=O)Cc2csc(NC(=O)c3ccco3)n2)o1. The van der Waals surface area contributed by atoms with E-state index < -0.39 is 0 Å². The van der Waals surface area contributed by atoms with Crippen molar-refractivity contribution in [2.45, 2.75) is 26.3 Å². The van der Waals surface area contributed by atoms with Gasteiger partial charge in [-0.3, -0.25) is 14.9 Å². The highest BCUT2D eigenvalue weighted by molar-refractivity contribution is 7.14. The maximum Gasteiger partial charge on any atom is 0.293 e. The summed E-state index contributed by atoms with van der Waals surface area (Å²) in [7, 11) is 0. The Morgan fingerprint density at radius 3 is 2.84 bits per heavy atom. The number of aromatic nitrogens is 1. The molecule has 1 atom stereocenters. The van der Waals surface area contributed by atoms with Gasteiger partial charge < -0.3 is 14.2 Å². The molecule has 3 aromatic heterocycles. The van der Waals surface area contributed by atoms with Gasteiger partial charge in [0.15, 0.2) is 10.9 Å². The van der Waals surface area contributed by atoms with Crippen LogP contribution in [0.2, 0.25) is 0 Å². The summed E-state index contributed by atoms with van der Waals surface area (Å²) < 4.78 is 10.5. The van der Waals surface area contributed by atoms with Crippen molar-refractivity contribution in [1.29, 1.82) is 0 Å². The van der Waals surface area contributed by atoms with Gasteiger partial charge in [0.05, 0.1) is 24.4 Å². The van der Waals surface area contributed by atoms with E-state index in [0.717, 1.165) is 5.76 Å². The molecule has 0 saturated heterocycles. The molecule has 130 valence electrons. The number of amides is 2. The van der Waals surface area contributed by atoms with E-state index in [1.807, 2.05) is 26.0 Å². The first kappa shape index (κ1) is 17.0. The number of furan rings is 2. The highest BCUT2D eigenvalue weighted by Crippen LogP contribution is 2.18. The number of carbonyl (C=O) groups excluding carboxylic acids is 2. The molecule has 0 spiro atoms. The molecule has 0 aliphatic carbocycles. The quantitative estimate of drug-likeness (QED) is 0.704. The number of hydrogen-bond donors (Lipinski definition) is 2. The van der Waals surface area contributed by atoms with Gasteiger partial charge in [-0.15, -0.1) is 11.3 Å². The van der Waals surface area contributed by atoms with Gasteiger partial charge in [0, 0.05) is 5.38 Å². The van der Waals surface area contributed by atoms with E-state index in [9.17, 15) is 9.59 Å². The smallest absolute Gasteiger partial charge is 0.293 e. The molecule has 7 nitrogen and oxygen atoms in total. The zero-order valence-corrected chi connectivity index (χ0v) is 14.6. The number of nitrogens with zero attached hydrogens (tertiary/aromatic N) is 1. The third kappa shape index (κ3) is 4.36. The zero-order chi connectivity index (χ0) is 17.8. The van der Waals surface area contributed by atoms with Crippen LogP contribution in [-0.2, 0) is 11.2 Å². The fourth-order valence-electron chi connectivity index (χ4n) is 2.23. The summed E-state index contributed by atoms with van der Waals surface area (Å²) in [4.78, 5) is 28.3. The maximum atomic E-state index is 12.1. The van der Waals surface area contributed by atoms with Gasteiger partial charge in [-0.2, -0.15) is 0 Å². The topological polar surface area (TPSA) is 97.4 Å². The third-order valence-electron chi connectivity index (χ3n) is 3.42. The molecule has 3 rings (SSSR count). The fourth-order valence-corrected chi connectivity index (χ4v) is 2.93. The van der Waals surface area contributed by atoms with Gasteiger partial charge in [-0.05, 0) is 38.1 Å². The standard InChI is InChI=1S/C17H17N3O4S/c1-10-5-6-13(24-10)11(2)18-15(21)8-12-9-25-17(19-12)20-16(22)14-4-3-7-23-14/h3-7,9,11H,8H2,1-2H3,(H,18,21)(H,19,20,22). The molecule has 1 unspecified atom stereocenters. The van der Waals surface area contributed by atoms with Gasteiger partial charge in [-0.1, -0.05) is 0 Å². The molecular formula is C17H17N3O4S. The summed E-state index contributed by atoms with van der Waals surface area (Å²) in [5.41, 5.74) is 0.583. The lowest BCUT2D eigenvalue weighted by Gasteiger charge is -2.10. The van der Waals surface area contributed by atoms with Crippen molar-refractivity contribution in [3.8, 4) is 0 Å². The van der Waals surface area contributed by atoms with E-state index in [-0.39, 0.29) is 30.0 Å². The Labute approximate surface area is 148 Å². The predicted molar refractivity (Wildman–Crippen MR) is 92.5 cm³/mol. The lowest BCUT2D eigenvalue weighted by molar-refractivity contribution is -0.121. The maximum absolute atomic E-state index is 12.1. The van der Waals surface area contributed by atoms with Gasteiger partial charge in [0.2, 0.25) is 5.91 Å². The van der Waals surface area contributed by atoms with E-state index in [1.54, 1.807) is 17.5 Å². The summed E-state index contributed by atoms with van der Waals surface area (Å²) in [5, 5.41) is 7.65. The van der Waals surface area contributed by atoms with Crippen molar-refractivity contribution < 1.29 is 18.4 Å². The van der Waals surface area contributed by atoms with E-state index in [2.05, 4.69) is 15.6 Å². The van der Waals surface area contributed by atoms with Crippen LogP contribution >= 0.6 is 11.3 Å². The average molecular weight is 359 g/mol. The molecule has 0 aliphatic rings. The predicted octanol–water partition coefficient (Wildman–Crippen LogP) is 3.31. The molecule has 3 heterocycles. The first-order valence-corrected chi connectivity index (χ1v) is 8.54. The normalized spacial score (nSPS) is 11.9. The zero-order valence-electron chi connectivity index (χ0n) is 13.7. The van der Waals surface area contributed by atoms with E-state index in [1.165, 1.54) is 17.6 Å². The minimum absolute atomic E-state index is 0.122. The molecule has 0 bridgehead atoms. The van der Waals surface area contributed by atoms with Crippen LogP contribution in [0.15, 0.2) is 44.7 Å². The largest absolute Gasteiger partial charge is 0.464 e. The second-order valence-electron chi connectivity index (χ2n) is 5.49. The van der Waals surface area contributed by atoms with Gasteiger partial charge >= 0.3 is 0 Å². The number of carbonyl (C=O) groups is 2. The van der Waals surface area contributed by atoms with Crippen molar-refractivity contribution >= 4 is 28.3 Å². The van der Waals surface area contributed by atoms with Crippen LogP contribution in [0.4, 0.5) is 5.13 Å². The molecule has 0 aliphatic heterocycles. The molecule has 0 saturated carbocycles. The number of nitrogens with one attached hydrogen (secondary N) is 2. The molecule has 2 amide bonds. The summed E-state index contributed by atoms with van der Waals surface area (Å²) >= 11 is 1.25. The van der Waals surface area contributed by atoms with Crippen molar-refractivity contribution in [2.24, 2.45) is 0 Å². The number of thiazole rings is 1. The summed E-state index contributed by atoms with van der Waals surface area (Å²) in [6.45, 7) is 3.71. The Kier molecular flexibility index (Phi) is 4.99. The average Bonchev–Trinajstić information content (AvgIpc) is 3.28. The fraction of sp³-hybridized carbons (Fsp3) is 0.235. The van der Waals surface area contributed by atoms with Crippen LogP contribution < -0.4 is 10.6 Å². The van der Waals surface area contributed by atoms with Crippen molar-refractivity contribution in [2.75, 3.05) is 5.32 Å². The first-order chi connectivity index (χ1) is 12.0. The second-order valence-corrected chi connectivity index (χ2v) is 6.35. The highest BCUT2D eigenvalue weighted by Gasteiger charge is 2.15. The Balaban J connectivity index is 1.54. The molecule has 0 aromatic carbocycles. The van der Waals surface area contributed by atoms with Gasteiger partial charge in [0.1, 0.15) is 11.5 Å². The summed E-state index contributed by atoms with van der Waals surface area (Å²) in [6.07, 6.45) is 1.55. The number of rotatable bonds is 6. The Morgan fingerprint density at radius 1 is 1.32 bits per heavy atom. The Hall–Kier alpha value is -2.87. The number of aryl methyl sites for hydroxylation is 1. The molecule has 25 heavy (non-hydrogen) atoms. The monoisotopic (exact) mass is 359 g/mol. The first-order valence-electron chi connectivity index (χ1n) is 7.66. The molecule has 8 heteroatoms. The Bertz CT molecular complexity index is 866. The van der Waals surface area contributed by atoms with Gasteiger partial charge in [-0.25, -0.2) is 4.98 Å². The summed E-state index contributed by atoms with van der Waals surface area (Å²) in [6, 6.07) is 6.67. The van der Waals surface area contributed by atoms with E-state index in [4.69, 9.17) is 8.83 Å². The van der Waals surface area contributed by atoms with Crippen LogP contribution in [0, 0.1) is 6.92 Å². The van der Waals surface area contributed by atoms with Crippen molar-refractivity contribution in [3.05, 3.63) is 58.9 Å². The minimum atomic E-state index is -0.378. The lowest BCUT2D eigenvalue weighted by Crippen LogP contribution is -2.28. The molecule has 0 fully saturated rings. The second kappa shape index (κ2) is 7.35. The molecule has 2 N–H and O–H groups in total.